The first-order valence-electron chi connectivity index (χ1n) is 7.72. The molecule has 1 unspecified atom stereocenters. The van der Waals surface area contributed by atoms with E-state index >= 15 is 0 Å². The normalized spacial score (nSPS) is 15.1. The summed E-state index contributed by atoms with van der Waals surface area (Å²) in [4.78, 5) is 11.7. The van der Waals surface area contributed by atoms with E-state index in [9.17, 15) is 9.90 Å². The summed E-state index contributed by atoms with van der Waals surface area (Å²) < 4.78 is 0. The van der Waals surface area contributed by atoms with Crippen LogP contribution in [-0.2, 0) is 24.1 Å². The van der Waals surface area contributed by atoms with Crippen LogP contribution in [0.4, 0.5) is 0 Å². The van der Waals surface area contributed by atoms with Crippen LogP contribution in [0, 0.1) is 0 Å². The fourth-order valence-corrected chi connectivity index (χ4v) is 3.43. The van der Waals surface area contributed by atoms with Gasteiger partial charge in [0.05, 0.1) is 5.92 Å². The second kappa shape index (κ2) is 6.53. The number of fused-ring (bicyclic) bond motifs is 1. The third-order valence-corrected chi connectivity index (χ3v) is 4.64. The molecule has 0 aliphatic heterocycles. The van der Waals surface area contributed by atoms with Gasteiger partial charge in [0.1, 0.15) is 0 Å². The Balaban J connectivity index is 1.89. The predicted octanol–water partition coefficient (Wildman–Crippen LogP) is 4.63. The Hall–Kier alpha value is -1.80. The molecule has 22 heavy (non-hydrogen) atoms. The third kappa shape index (κ3) is 3.33. The highest BCUT2D eigenvalue weighted by atomic mass is 35.5. The minimum atomic E-state index is -0.782. The molecule has 3 heteroatoms. The van der Waals surface area contributed by atoms with E-state index in [1.54, 1.807) is 6.07 Å². The molecule has 2 nitrogen and oxygen atoms in total. The van der Waals surface area contributed by atoms with Crippen molar-refractivity contribution in [3.63, 3.8) is 0 Å². The molecule has 114 valence electrons. The van der Waals surface area contributed by atoms with Gasteiger partial charge in [-0.05, 0) is 66.5 Å². The number of halogens is 1. The van der Waals surface area contributed by atoms with Crippen molar-refractivity contribution in [1.82, 2.24) is 0 Å². The molecule has 2 aromatic rings. The van der Waals surface area contributed by atoms with Crippen LogP contribution in [0.15, 0.2) is 42.5 Å². The summed E-state index contributed by atoms with van der Waals surface area (Å²) in [6.07, 6.45) is 5.07. The summed E-state index contributed by atoms with van der Waals surface area (Å²) in [5.74, 6) is -1.30. The second-order valence-corrected chi connectivity index (χ2v) is 6.40. The molecular formula is C19H19ClO2. The summed E-state index contributed by atoms with van der Waals surface area (Å²) in [5.41, 5.74) is 4.55. The van der Waals surface area contributed by atoms with E-state index in [0.717, 1.165) is 24.0 Å². The van der Waals surface area contributed by atoms with Crippen LogP contribution in [0.25, 0.3) is 0 Å². The van der Waals surface area contributed by atoms with Crippen LogP contribution >= 0.6 is 11.6 Å². The first kappa shape index (κ1) is 15.1. The summed E-state index contributed by atoms with van der Waals surface area (Å²) in [6, 6.07) is 13.6. The van der Waals surface area contributed by atoms with E-state index in [-0.39, 0.29) is 0 Å². The molecule has 1 aliphatic carbocycles. The number of rotatable bonds is 4. The Morgan fingerprint density at radius 1 is 1.09 bits per heavy atom. The van der Waals surface area contributed by atoms with Crippen molar-refractivity contribution >= 4 is 17.6 Å². The van der Waals surface area contributed by atoms with Gasteiger partial charge in [-0.1, -0.05) is 41.9 Å². The fourth-order valence-electron chi connectivity index (χ4n) is 3.22. The third-order valence-electron chi connectivity index (χ3n) is 4.40. The summed E-state index contributed by atoms with van der Waals surface area (Å²) >= 11 is 6.00. The smallest absolute Gasteiger partial charge is 0.311 e. The number of carboxylic acid groups (broad SMARTS) is 1. The number of carbonyl (C=O) groups is 1. The van der Waals surface area contributed by atoms with Gasteiger partial charge in [-0.15, -0.1) is 0 Å². The van der Waals surface area contributed by atoms with Gasteiger partial charge in [0.15, 0.2) is 0 Å². The maximum absolute atomic E-state index is 11.7. The summed E-state index contributed by atoms with van der Waals surface area (Å²) in [5, 5.41) is 10.3. The van der Waals surface area contributed by atoms with Gasteiger partial charge in [-0.2, -0.15) is 0 Å². The van der Waals surface area contributed by atoms with Crippen LogP contribution in [0.1, 0.15) is 41.0 Å². The van der Waals surface area contributed by atoms with Crippen molar-refractivity contribution in [1.29, 1.82) is 0 Å². The zero-order valence-corrected chi connectivity index (χ0v) is 13.1. The Kier molecular flexibility index (Phi) is 4.49. The molecule has 1 aliphatic rings. The molecule has 1 N–H and O–H groups in total. The van der Waals surface area contributed by atoms with Crippen molar-refractivity contribution in [2.45, 2.75) is 38.0 Å². The quantitative estimate of drug-likeness (QED) is 0.893. The van der Waals surface area contributed by atoms with Crippen LogP contribution in [0.3, 0.4) is 0 Å². The molecule has 3 rings (SSSR count). The highest BCUT2D eigenvalue weighted by Gasteiger charge is 2.22. The van der Waals surface area contributed by atoms with Gasteiger partial charge < -0.3 is 5.11 Å². The molecule has 0 heterocycles. The number of hydrogen-bond acceptors (Lipinski definition) is 1. The van der Waals surface area contributed by atoms with Gasteiger partial charge in [-0.3, -0.25) is 4.79 Å². The second-order valence-electron chi connectivity index (χ2n) is 5.96. The molecule has 0 saturated heterocycles. The van der Waals surface area contributed by atoms with E-state index in [2.05, 4.69) is 12.1 Å². The average molecular weight is 315 g/mol. The maximum Gasteiger partial charge on any atom is 0.311 e. The van der Waals surface area contributed by atoms with Crippen molar-refractivity contribution in [2.24, 2.45) is 0 Å². The number of benzene rings is 2. The van der Waals surface area contributed by atoms with E-state index in [0.29, 0.717) is 11.4 Å². The zero-order chi connectivity index (χ0) is 15.5. The Morgan fingerprint density at radius 2 is 1.86 bits per heavy atom. The molecule has 0 fully saturated rings. The minimum Gasteiger partial charge on any atom is -0.481 e. The zero-order valence-electron chi connectivity index (χ0n) is 12.4. The van der Waals surface area contributed by atoms with E-state index in [1.165, 1.54) is 24.0 Å². The molecule has 0 aromatic heterocycles. The van der Waals surface area contributed by atoms with Crippen LogP contribution in [0.5, 0.6) is 0 Å². The van der Waals surface area contributed by atoms with E-state index in [1.807, 2.05) is 24.3 Å². The molecule has 0 bridgehead atoms. The van der Waals surface area contributed by atoms with Crippen LogP contribution < -0.4 is 0 Å². The van der Waals surface area contributed by atoms with Crippen molar-refractivity contribution in [3.05, 3.63) is 69.7 Å². The fraction of sp³-hybridized carbons (Fsp3) is 0.316. The average Bonchev–Trinajstić information content (AvgIpc) is 2.52. The molecule has 2 aromatic carbocycles. The van der Waals surface area contributed by atoms with Gasteiger partial charge in [0, 0.05) is 5.02 Å². The lowest BCUT2D eigenvalue weighted by Crippen LogP contribution is -2.15. The molecule has 0 saturated carbocycles. The highest BCUT2D eigenvalue weighted by Crippen LogP contribution is 2.28. The molecule has 0 spiro atoms. The van der Waals surface area contributed by atoms with E-state index in [4.69, 9.17) is 11.6 Å². The number of aryl methyl sites for hydroxylation is 2. The van der Waals surface area contributed by atoms with Gasteiger partial charge in [0.2, 0.25) is 0 Å². The maximum atomic E-state index is 11.7. The molecular weight excluding hydrogens is 296 g/mol. The van der Waals surface area contributed by atoms with Gasteiger partial charge >= 0.3 is 5.97 Å². The first-order chi connectivity index (χ1) is 10.6. The number of hydrogen-bond donors (Lipinski definition) is 1. The van der Waals surface area contributed by atoms with Crippen LogP contribution in [-0.4, -0.2) is 11.1 Å². The number of aliphatic carboxylic acids is 1. The van der Waals surface area contributed by atoms with Crippen molar-refractivity contribution in [3.8, 4) is 0 Å². The van der Waals surface area contributed by atoms with Crippen molar-refractivity contribution in [2.75, 3.05) is 0 Å². The highest BCUT2D eigenvalue weighted by molar-refractivity contribution is 6.30. The standard InChI is InChI=1S/C19H19ClO2/c20-17-7-3-4-13(10-17)11-18(19(21)22)16-9-8-14-5-1-2-6-15(14)12-16/h3-4,7-10,12,18H,1-2,5-6,11H2,(H,21,22). The lowest BCUT2D eigenvalue weighted by atomic mass is 9.85. The Labute approximate surface area is 135 Å². The lowest BCUT2D eigenvalue weighted by molar-refractivity contribution is -0.138. The SMILES string of the molecule is O=C(O)C(Cc1cccc(Cl)c1)c1ccc2c(c1)CCCC2. The first-order valence-corrected chi connectivity index (χ1v) is 8.10. The summed E-state index contributed by atoms with van der Waals surface area (Å²) in [6.45, 7) is 0. The Bertz CT molecular complexity index is 694. The monoisotopic (exact) mass is 314 g/mol. The van der Waals surface area contributed by atoms with Crippen molar-refractivity contribution < 1.29 is 9.90 Å². The molecule has 1 atom stereocenters. The van der Waals surface area contributed by atoms with Crippen LogP contribution in [0.2, 0.25) is 5.02 Å². The molecule has 0 radical (unpaired) electrons. The Morgan fingerprint density at radius 3 is 2.59 bits per heavy atom. The topological polar surface area (TPSA) is 37.3 Å². The summed E-state index contributed by atoms with van der Waals surface area (Å²) in [7, 11) is 0. The molecule has 0 amide bonds. The van der Waals surface area contributed by atoms with E-state index < -0.39 is 11.9 Å². The van der Waals surface area contributed by atoms with Gasteiger partial charge in [0.25, 0.3) is 0 Å². The largest absolute Gasteiger partial charge is 0.481 e. The number of carboxylic acids is 1. The van der Waals surface area contributed by atoms with Gasteiger partial charge in [-0.25, -0.2) is 0 Å². The lowest BCUT2D eigenvalue weighted by Gasteiger charge is -2.19. The predicted molar refractivity (Wildman–Crippen MR) is 88.6 cm³/mol. The minimum absolute atomic E-state index is 0.467.